The third kappa shape index (κ3) is 4.01. The molecule has 4 aromatic rings. The van der Waals surface area contributed by atoms with Crippen LogP contribution in [0, 0.1) is 0 Å². The van der Waals surface area contributed by atoms with Gasteiger partial charge in [0.15, 0.2) is 5.01 Å². The summed E-state index contributed by atoms with van der Waals surface area (Å²) in [6, 6.07) is 13.7. The number of benzene rings is 2. The third-order valence-corrected chi connectivity index (χ3v) is 5.11. The van der Waals surface area contributed by atoms with Crippen molar-refractivity contribution in [2.75, 3.05) is 19.0 Å². The fraction of sp³-hybridized carbons (Fsp3) is 0.143. The molecule has 2 aromatic carbocycles. The van der Waals surface area contributed by atoms with Crippen LogP contribution in [-0.2, 0) is 4.74 Å². The number of carbonyl (C=O) groups is 1. The Bertz CT molecular complexity index is 1260. The smallest absolute Gasteiger partial charge is 0.346 e. The van der Waals surface area contributed by atoms with Gasteiger partial charge in [0.25, 0.3) is 0 Å². The first kappa shape index (κ1) is 19.6. The monoisotopic (exact) mass is 423 g/mol. The molecule has 0 aliphatic rings. The van der Waals surface area contributed by atoms with Gasteiger partial charge in [-0.05, 0) is 55.5 Å². The van der Waals surface area contributed by atoms with Crippen molar-refractivity contribution in [1.82, 2.24) is 10.2 Å². The molecular formula is C21H17N3O5S. The number of aromatic nitrogens is 2. The number of fused-ring (bicyclic) bond motifs is 1. The van der Waals surface area contributed by atoms with Gasteiger partial charge in [0, 0.05) is 11.1 Å². The lowest BCUT2D eigenvalue weighted by Gasteiger charge is -2.04. The van der Waals surface area contributed by atoms with E-state index in [1.807, 2.05) is 0 Å². The van der Waals surface area contributed by atoms with Gasteiger partial charge in [-0.2, -0.15) is 0 Å². The van der Waals surface area contributed by atoms with Gasteiger partial charge in [-0.3, -0.25) is 0 Å². The van der Waals surface area contributed by atoms with Crippen LogP contribution >= 0.6 is 11.3 Å². The molecule has 0 amide bonds. The first-order chi connectivity index (χ1) is 14.6. The Morgan fingerprint density at radius 3 is 2.67 bits per heavy atom. The highest BCUT2D eigenvalue weighted by atomic mass is 32.1. The van der Waals surface area contributed by atoms with Gasteiger partial charge in [-0.25, -0.2) is 9.59 Å². The van der Waals surface area contributed by atoms with Crippen molar-refractivity contribution in [3.63, 3.8) is 0 Å². The second kappa shape index (κ2) is 8.34. The van der Waals surface area contributed by atoms with Crippen molar-refractivity contribution >= 4 is 39.1 Å². The summed E-state index contributed by atoms with van der Waals surface area (Å²) in [6.07, 6.45) is 0. The maximum atomic E-state index is 12.4. The van der Waals surface area contributed by atoms with Gasteiger partial charge in [-0.1, -0.05) is 11.3 Å². The van der Waals surface area contributed by atoms with Gasteiger partial charge < -0.3 is 19.2 Å². The summed E-state index contributed by atoms with van der Waals surface area (Å²) in [6.45, 7) is 2.08. The summed E-state index contributed by atoms with van der Waals surface area (Å²) < 4.78 is 15.6. The molecule has 0 saturated heterocycles. The van der Waals surface area contributed by atoms with Crippen LogP contribution in [0.15, 0.2) is 57.7 Å². The lowest BCUT2D eigenvalue weighted by atomic mass is 10.2. The van der Waals surface area contributed by atoms with E-state index in [-0.39, 0.29) is 5.97 Å². The van der Waals surface area contributed by atoms with Crippen LogP contribution in [0.3, 0.4) is 0 Å². The molecular weight excluding hydrogens is 406 g/mol. The number of carbonyl (C=O) groups excluding carboxylic acids is 1. The van der Waals surface area contributed by atoms with Crippen molar-refractivity contribution in [2.45, 2.75) is 6.92 Å². The van der Waals surface area contributed by atoms with E-state index in [4.69, 9.17) is 13.9 Å². The van der Waals surface area contributed by atoms with Crippen LogP contribution in [0.2, 0.25) is 0 Å². The molecule has 30 heavy (non-hydrogen) atoms. The Morgan fingerprint density at radius 2 is 1.93 bits per heavy atom. The number of hydrogen-bond acceptors (Lipinski definition) is 9. The lowest BCUT2D eigenvalue weighted by Crippen LogP contribution is -2.04. The predicted octanol–water partition coefficient (Wildman–Crippen LogP) is 4.24. The van der Waals surface area contributed by atoms with E-state index < -0.39 is 5.63 Å². The molecule has 0 unspecified atom stereocenters. The van der Waals surface area contributed by atoms with Gasteiger partial charge in [0.05, 0.1) is 24.8 Å². The summed E-state index contributed by atoms with van der Waals surface area (Å²) in [5, 5.41) is 13.0. The second-order valence-corrected chi connectivity index (χ2v) is 7.16. The number of nitrogens with one attached hydrogen (secondary N) is 1. The molecule has 8 nitrogen and oxygen atoms in total. The summed E-state index contributed by atoms with van der Waals surface area (Å²) in [5.41, 5.74) is 1.48. The average Bonchev–Trinajstić information content (AvgIpc) is 3.21. The topological polar surface area (TPSA) is 104 Å². The fourth-order valence-electron chi connectivity index (χ4n) is 2.79. The molecule has 1 N–H and O–H groups in total. The van der Waals surface area contributed by atoms with Crippen molar-refractivity contribution < 1.29 is 18.7 Å². The highest BCUT2D eigenvalue weighted by Gasteiger charge is 2.14. The maximum Gasteiger partial charge on any atom is 0.346 e. The minimum atomic E-state index is -0.492. The van der Waals surface area contributed by atoms with Crippen molar-refractivity contribution in [3.05, 3.63) is 64.5 Å². The van der Waals surface area contributed by atoms with Gasteiger partial charge in [0.2, 0.25) is 5.13 Å². The minimum Gasteiger partial charge on any atom is -0.497 e. The molecule has 0 spiro atoms. The Kier molecular flexibility index (Phi) is 5.44. The zero-order valence-electron chi connectivity index (χ0n) is 16.2. The van der Waals surface area contributed by atoms with Crippen LogP contribution in [-0.4, -0.2) is 29.9 Å². The molecule has 4 rings (SSSR count). The molecule has 0 bridgehead atoms. The number of nitrogens with zero attached hydrogens (tertiary/aromatic N) is 2. The van der Waals surface area contributed by atoms with Crippen molar-refractivity contribution in [3.8, 4) is 16.3 Å². The maximum absolute atomic E-state index is 12.4. The molecule has 2 heterocycles. The number of hydrogen-bond donors (Lipinski definition) is 1. The summed E-state index contributed by atoms with van der Waals surface area (Å²) in [5.74, 6) is 0.287. The standard InChI is InChI=1S/C21H17N3O5S/c1-3-28-19(25)12-4-6-14(7-5-12)22-21-24-23-18(30-21)16-11-13-10-15(27-2)8-9-17(13)29-20(16)26/h4-11H,3H2,1-2H3,(H,22,24). The van der Waals surface area contributed by atoms with Crippen LogP contribution in [0.1, 0.15) is 17.3 Å². The van der Waals surface area contributed by atoms with Gasteiger partial charge >= 0.3 is 11.6 Å². The van der Waals surface area contributed by atoms with Crippen molar-refractivity contribution in [2.24, 2.45) is 0 Å². The quantitative estimate of drug-likeness (QED) is 0.363. The van der Waals surface area contributed by atoms with E-state index in [0.29, 0.717) is 39.2 Å². The summed E-state index contributed by atoms with van der Waals surface area (Å²) in [4.78, 5) is 24.1. The van der Waals surface area contributed by atoms with Crippen LogP contribution < -0.4 is 15.7 Å². The molecule has 0 aliphatic heterocycles. The average molecular weight is 423 g/mol. The minimum absolute atomic E-state index is 0.318. The Morgan fingerprint density at radius 1 is 1.13 bits per heavy atom. The molecule has 0 atom stereocenters. The largest absolute Gasteiger partial charge is 0.497 e. The highest BCUT2D eigenvalue weighted by Crippen LogP contribution is 2.29. The van der Waals surface area contributed by atoms with Crippen LogP contribution in [0.25, 0.3) is 21.5 Å². The van der Waals surface area contributed by atoms with Crippen molar-refractivity contribution in [1.29, 1.82) is 0 Å². The molecule has 0 radical (unpaired) electrons. The summed E-state index contributed by atoms with van der Waals surface area (Å²) >= 11 is 1.22. The van der Waals surface area contributed by atoms with Crippen LogP contribution in [0.4, 0.5) is 10.8 Å². The fourth-order valence-corrected chi connectivity index (χ4v) is 3.56. The van der Waals surface area contributed by atoms with E-state index in [0.717, 1.165) is 11.1 Å². The van der Waals surface area contributed by atoms with E-state index in [2.05, 4.69) is 15.5 Å². The number of esters is 1. The third-order valence-electron chi connectivity index (χ3n) is 4.24. The molecule has 2 aromatic heterocycles. The van der Waals surface area contributed by atoms with E-state index in [9.17, 15) is 9.59 Å². The zero-order valence-corrected chi connectivity index (χ0v) is 17.0. The van der Waals surface area contributed by atoms with E-state index in [1.54, 1.807) is 62.6 Å². The molecule has 9 heteroatoms. The lowest BCUT2D eigenvalue weighted by molar-refractivity contribution is 0.0526. The Labute approximate surface area is 175 Å². The first-order valence-electron chi connectivity index (χ1n) is 9.07. The molecule has 0 aliphatic carbocycles. The number of methoxy groups -OCH3 is 1. The van der Waals surface area contributed by atoms with Gasteiger partial charge in [0.1, 0.15) is 11.3 Å². The number of rotatable bonds is 6. The molecule has 0 saturated carbocycles. The summed E-state index contributed by atoms with van der Waals surface area (Å²) in [7, 11) is 1.57. The normalized spacial score (nSPS) is 10.7. The SMILES string of the molecule is CCOC(=O)c1ccc(Nc2nnc(-c3cc4cc(OC)ccc4oc3=O)s2)cc1. The zero-order chi connectivity index (χ0) is 21.1. The second-order valence-electron chi connectivity index (χ2n) is 6.19. The van der Waals surface area contributed by atoms with E-state index >= 15 is 0 Å². The number of ether oxygens (including phenoxy) is 2. The first-order valence-corrected chi connectivity index (χ1v) is 9.89. The highest BCUT2D eigenvalue weighted by molar-refractivity contribution is 7.18. The Hall–Kier alpha value is -3.72. The predicted molar refractivity (Wildman–Crippen MR) is 114 cm³/mol. The van der Waals surface area contributed by atoms with Crippen LogP contribution in [0.5, 0.6) is 5.75 Å². The molecule has 152 valence electrons. The van der Waals surface area contributed by atoms with Gasteiger partial charge in [-0.15, -0.1) is 10.2 Å². The Balaban J connectivity index is 1.57. The molecule has 0 fully saturated rings. The number of anilines is 2. The van der Waals surface area contributed by atoms with E-state index in [1.165, 1.54) is 11.3 Å².